The molecule has 0 aromatic carbocycles. The zero-order chi connectivity index (χ0) is 12.4. The van der Waals surface area contributed by atoms with E-state index in [-0.39, 0.29) is 6.61 Å². The van der Waals surface area contributed by atoms with Crippen molar-refractivity contribution in [2.75, 3.05) is 6.61 Å². The number of aryl methyl sites for hydroxylation is 1. The van der Waals surface area contributed by atoms with E-state index in [0.717, 1.165) is 21.4 Å². The molecule has 2 aromatic heterocycles. The zero-order valence-electron chi connectivity index (χ0n) is 10.2. The molecule has 0 saturated carbocycles. The topological polar surface area (TPSA) is 63.8 Å². The molecule has 0 atom stereocenters. The SMILES string of the molecule is Cc1nc(C(C)C)sc1-c1ncnn1CCO. The molecule has 6 heteroatoms. The van der Waals surface area contributed by atoms with E-state index in [0.29, 0.717) is 12.5 Å². The smallest absolute Gasteiger partial charge is 0.170 e. The molecule has 0 spiro atoms. The molecule has 2 heterocycles. The van der Waals surface area contributed by atoms with Crippen LogP contribution in [-0.2, 0) is 6.54 Å². The molecule has 0 aliphatic heterocycles. The lowest BCUT2D eigenvalue weighted by Crippen LogP contribution is -2.05. The molecule has 0 radical (unpaired) electrons. The number of hydrogen-bond donors (Lipinski definition) is 1. The Bertz CT molecular complexity index is 503. The van der Waals surface area contributed by atoms with Crippen molar-refractivity contribution in [2.24, 2.45) is 0 Å². The monoisotopic (exact) mass is 252 g/mol. The highest BCUT2D eigenvalue weighted by molar-refractivity contribution is 7.15. The van der Waals surface area contributed by atoms with Crippen molar-refractivity contribution in [3.8, 4) is 10.7 Å². The van der Waals surface area contributed by atoms with Gasteiger partial charge in [-0.05, 0) is 6.92 Å². The van der Waals surface area contributed by atoms with Gasteiger partial charge in [0.1, 0.15) is 6.33 Å². The minimum Gasteiger partial charge on any atom is -0.394 e. The maximum absolute atomic E-state index is 8.97. The van der Waals surface area contributed by atoms with E-state index in [2.05, 4.69) is 28.9 Å². The van der Waals surface area contributed by atoms with Crippen molar-refractivity contribution in [2.45, 2.75) is 33.2 Å². The Morgan fingerprint density at radius 2 is 2.24 bits per heavy atom. The average Bonchev–Trinajstić information content (AvgIpc) is 2.85. The molecule has 0 saturated heterocycles. The van der Waals surface area contributed by atoms with Crippen molar-refractivity contribution in [3.05, 3.63) is 17.0 Å². The van der Waals surface area contributed by atoms with Gasteiger partial charge in [-0.15, -0.1) is 11.3 Å². The molecule has 2 rings (SSSR count). The van der Waals surface area contributed by atoms with E-state index in [9.17, 15) is 0 Å². The van der Waals surface area contributed by atoms with Crippen LogP contribution in [0.2, 0.25) is 0 Å². The van der Waals surface area contributed by atoms with Crippen LogP contribution in [0.1, 0.15) is 30.5 Å². The van der Waals surface area contributed by atoms with Crippen molar-refractivity contribution < 1.29 is 5.11 Å². The summed E-state index contributed by atoms with van der Waals surface area (Å²) in [5, 5.41) is 14.2. The van der Waals surface area contributed by atoms with Crippen molar-refractivity contribution in [3.63, 3.8) is 0 Å². The number of aliphatic hydroxyl groups excluding tert-OH is 1. The summed E-state index contributed by atoms with van der Waals surface area (Å²) in [4.78, 5) is 9.83. The van der Waals surface area contributed by atoms with Crippen LogP contribution in [0.5, 0.6) is 0 Å². The Kier molecular flexibility index (Phi) is 3.54. The summed E-state index contributed by atoms with van der Waals surface area (Å²) < 4.78 is 1.71. The molecule has 0 unspecified atom stereocenters. The van der Waals surface area contributed by atoms with E-state index in [1.165, 1.54) is 6.33 Å². The van der Waals surface area contributed by atoms with Gasteiger partial charge in [0.25, 0.3) is 0 Å². The molecule has 0 fully saturated rings. The van der Waals surface area contributed by atoms with Crippen LogP contribution in [0.3, 0.4) is 0 Å². The summed E-state index contributed by atoms with van der Waals surface area (Å²) in [5.74, 6) is 1.21. The second-order valence-corrected chi connectivity index (χ2v) is 5.18. The molecule has 92 valence electrons. The molecular weight excluding hydrogens is 236 g/mol. The summed E-state index contributed by atoms with van der Waals surface area (Å²) >= 11 is 1.65. The van der Waals surface area contributed by atoms with Gasteiger partial charge in [-0.25, -0.2) is 14.6 Å². The van der Waals surface area contributed by atoms with E-state index in [4.69, 9.17) is 5.11 Å². The molecule has 0 aliphatic carbocycles. The molecular formula is C11H16N4OS. The maximum atomic E-state index is 8.97. The van der Waals surface area contributed by atoms with Gasteiger partial charge < -0.3 is 5.11 Å². The lowest BCUT2D eigenvalue weighted by atomic mass is 10.2. The lowest BCUT2D eigenvalue weighted by molar-refractivity contribution is 0.270. The first kappa shape index (κ1) is 12.2. The van der Waals surface area contributed by atoms with Crippen LogP contribution in [-0.4, -0.2) is 31.5 Å². The summed E-state index contributed by atoms with van der Waals surface area (Å²) in [6.45, 7) is 6.76. The van der Waals surface area contributed by atoms with Crippen LogP contribution < -0.4 is 0 Å². The number of nitrogens with zero attached hydrogens (tertiary/aromatic N) is 4. The second-order valence-electron chi connectivity index (χ2n) is 4.15. The van der Waals surface area contributed by atoms with Gasteiger partial charge in [0.15, 0.2) is 5.82 Å². The third-order valence-corrected chi connectivity index (χ3v) is 3.89. The number of rotatable bonds is 4. The highest BCUT2D eigenvalue weighted by atomic mass is 32.1. The van der Waals surface area contributed by atoms with E-state index >= 15 is 0 Å². The van der Waals surface area contributed by atoms with Crippen molar-refractivity contribution in [1.29, 1.82) is 0 Å². The van der Waals surface area contributed by atoms with E-state index in [1.807, 2.05) is 6.92 Å². The Labute approximate surface area is 104 Å². The summed E-state index contributed by atoms with van der Waals surface area (Å²) in [6, 6.07) is 0. The van der Waals surface area contributed by atoms with Gasteiger partial charge in [0.05, 0.1) is 28.7 Å². The van der Waals surface area contributed by atoms with Gasteiger partial charge in [0, 0.05) is 5.92 Å². The van der Waals surface area contributed by atoms with Crippen LogP contribution in [0.4, 0.5) is 0 Å². The molecule has 5 nitrogen and oxygen atoms in total. The Morgan fingerprint density at radius 3 is 2.82 bits per heavy atom. The number of hydrogen-bond acceptors (Lipinski definition) is 5. The third kappa shape index (κ3) is 2.37. The Hall–Kier alpha value is -1.27. The number of thiazole rings is 1. The lowest BCUT2D eigenvalue weighted by Gasteiger charge is -2.01. The minimum absolute atomic E-state index is 0.0608. The normalized spacial score (nSPS) is 11.4. The van der Waals surface area contributed by atoms with Gasteiger partial charge in [-0.1, -0.05) is 13.8 Å². The van der Waals surface area contributed by atoms with Crippen LogP contribution in [0, 0.1) is 6.92 Å². The first-order chi connectivity index (χ1) is 8.13. The standard InChI is InChI=1S/C11H16N4OS/c1-7(2)11-14-8(3)9(17-11)10-12-6-13-15(10)4-5-16/h6-7,16H,4-5H2,1-3H3. The fourth-order valence-electron chi connectivity index (χ4n) is 1.57. The molecule has 17 heavy (non-hydrogen) atoms. The predicted molar refractivity (Wildman–Crippen MR) is 67.0 cm³/mol. The molecule has 0 aliphatic rings. The second kappa shape index (κ2) is 4.93. The fourth-order valence-corrected chi connectivity index (χ4v) is 2.64. The van der Waals surface area contributed by atoms with Gasteiger partial charge in [-0.3, -0.25) is 0 Å². The first-order valence-corrected chi connectivity index (χ1v) is 6.41. The number of aromatic nitrogens is 4. The predicted octanol–water partition coefficient (Wildman–Crippen LogP) is 1.83. The van der Waals surface area contributed by atoms with Crippen LogP contribution in [0.15, 0.2) is 6.33 Å². The Morgan fingerprint density at radius 1 is 1.47 bits per heavy atom. The molecule has 0 amide bonds. The molecule has 0 bridgehead atoms. The van der Waals surface area contributed by atoms with Gasteiger partial charge >= 0.3 is 0 Å². The summed E-state index contributed by atoms with van der Waals surface area (Å²) in [7, 11) is 0. The summed E-state index contributed by atoms with van der Waals surface area (Å²) in [5.41, 5.74) is 0.978. The highest BCUT2D eigenvalue weighted by Crippen LogP contribution is 2.31. The quantitative estimate of drug-likeness (QED) is 0.901. The van der Waals surface area contributed by atoms with Crippen molar-refractivity contribution in [1.82, 2.24) is 19.7 Å². The van der Waals surface area contributed by atoms with Crippen LogP contribution in [0.25, 0.3) is 10.7 Å². The molecule has 1 N–H and O–H groups in total. The van der Waals surface area contributed by atoms with Crippen molar-refractivity contribution >= 4 is 11.3 Å². The minimum atomic E-state index is 0.0608. The Balaban J connectivity index is 2.41. The highest BCUT2D eigenvalue weighted by Gasteiger charge is 2.16. The maximum Gasteiger partial charge on any atom is 0.170 e. The fraction of sp³-hybridized carbons (Fsp3) is 0.545. The van der Waals surface area contributed by atoms with Gasteiger partial charge in [-0.2, -0.15) is 5.10 Å². The first-order valence-electron chi connectivity index (χ1n) is 5.59. The summed E-state index contributed by atoms with van der Waals surface area (Å²) in [6.07, 6.45) is 1.51. The molecule has 2 aromatic rings. The van der Waals surface area contributed by atoms with Gasteiger partial charge in [0.2, 0.25) is 0 Å². The largest absolute Gasteiger partial charge is 0.394 e. The van der Waals surface area contributed by atoms with E-state index < -0.39 is 0 Å². The average molecular weight is 252 g/mol. The van der Waals surface area contributed by atoms with E-state index in [1.54, 1.807) is 16.0 Å². The number of aliphatic hydroxyl groups is 1. The zero-order valence-corrected chi connectivity index (χ0v) is 11.0. The third-order valence-electron chi connectivity index (χ3n) is 2.44. The van der Waals surface area contributed by atoms with Crippen LogP contribution >= 0.6 is 11.3 Å².